The fourth-order valence-electron chi connectivity index (χ4n) is 2.68. The van der Waals surface area contributed by atoms with E-state index < -0.39 is 15.6 Å². The van der Waals surface area contributed by atoms with Crippen molar-refractivity contribution in [1.82, 2.24) is 14.1 Å². The highest BCUT2D eigenvalue weighted by Crippen LogP contribution is 2.28. The minimum absolute atomic E-state index is 0.0559. The summed E-state index contributed by atoms with van der Waals surface area (Å²) in [4.78, 5) is 0.0841. The number of ether oxygens (including phenoxy) is 1. The Bertz CT molecular complexity index is 609. The van der Waals surface area contributed by atoms with Gasteiger partial charge in [-0.3, -0.25) is 4.68 Å². The van der Waals surface area contributed by atoms with Crippen LogP contribution in [0.1, 0.15) is 34.1 Å². The largest absolute Gasteiger partial charge is 0.381 e. The minimum Gasteiger partial charge on any atom is -0.381 e. The molecule has 1 aliphatic rings. The Morgan fingerprint density at radius 2 is 2.19 bits per heavy atom. The van der Waals surface area contributed by atoms with Crippen molar-refractivity contribution in [3.63, 3.8) is 0 Å². The molecular weight excluding hydrogens is 292 g/mol. The minimum atomic E-state index is -3.65. The lowest BCUT2D eigenvalue weighted by molar-refractivity contribution is -0.109. The van der Waals surface area contributed by atoms with Gasteiger partial charge in [0.25, 0.3) is 0 Å². The van der Waals surface area contributed by atoms with Crippen LogP contribution in [0.2, 0.25) is 0 Å². The average Bonchev–Trinajstić information content (AvgIpc) is 2.69. The van der Waals surface area contributed by atoms with E-state index in [4.69, 9.17) is 10.5 Å². The number of morpholine rings is 1. The summed E-state index contributed by atoms with van der Waals surface area (Å²) in [5, 5.41) is 4.07. The van der Waals surface area contributed by atoms with Crippen molar-refractivity contribution >= 4 is 15.8 Å². The molecule has 1 atom stereocenters. The SMILES string of the molecule is CCCn1cc(S(=O)(=O)N2CC(C)OC(C)(C)C2)c(N)n1. The molecule has 2 rings (SSSR count). The molecular formula is C13H24N4O3S. The molecule has 1 aromatic rings. The first-order valence-corrected chi connectivity index (χ1v) is 8.60. The van der Waals surface area contributed by atoms with Gasteiger partial charge in [0.2, 0.25) is 10.0 Å². The number of nitrogens with two attached hydrogens (primary N) is 1. The summed E-state index contributed by atoms with van der Waals surface area (Å²) < 4.78 is 34.4. The van der Waals surface area contributed by atoms with Gasteiger partial charge in [0.05, 0.1) is 11.7 Å². The summed E-state index contributed by atoms with van der Waals surface area (Å²) in [5.74, 6) is 0.0559. The summed E-state index contributed by atoms with van der Waals surface area (Å²) >= 11 is 0. The third-order valence-electron chi connectivity index (χ3n) is 3.36. The molecule has 1 saturated heterocycles. The van der Waals surface area contributed by atoms with Crippen molar-refractivity contribution < 1.29 is 13.2 Å². The second kappa shape index (κ2) is 5.58. The first-order valence-electron chi connectivity index (χ1n) is 7.16. The predicted molar refractivity (Wildman–Crippen MR) is 80.3 cm³/mol. The second-order valence-corrected chi connectivity index (χ2v) is 8.03. The highest BCUT2D eigenvalue weighted by Gasteiger charge is 2.39. The number of aryl methyl sites for hydroxylation is 1. The molecule has 21 heavy (non-hydrogen) atoms. The van der Waals surface area contributed by atoms with Gasteiger partial charge in [-0.1, -0.05) is 6.92 Å². The number of rotatable bonds is 4. The fraction of sp³-hybridized carbons (Fsp3) is 0.769. The Kier molecular flexibility index (Phi) is 4.32. The van der Waals surface area contributed by atoms with E-state index >= 15 is 0 Å². The molecule has 0 saturated carbocycles. The Morgan fingerprint density at radius 3 is 2.76 bits per heavy atom. The molecule has 1 aromatic heterocycles. The van der Waals surface area contributed by atoms with Crippen molar-refractivity contribution in [3.05, 3.63) is 6.20 Å². The van der Waals surface area contributed by atoms with E-state index in [1.807, 2.05) is 27.7 Å². The molecule has 2 N–H and O–H groups in total. The van der Waals surface area contributed by atoms with Gasteiger partial charge in [-0.15, -0.1) is 0 Å². The Balaban J connectivity index is 2.33. The Hall–Kier alpha value is -1.12. The monoisotopic (exact) mass is 316 g/mol. The highest BCUT2D eigenvalue weighted by atomic mass is 32.2. The van der Waals surface area contributed by atoms with Crippen molar-refractivity contribution in [2.45, 2.75) is 57.3 Å². The smallest absolute Gasteiger partial charge is 0.248 e. The third-order valence-corrected chi connectivity index (χ3v) is 5.19. The fourth-order valence-corrected chi connectivity index (χ4v) is 4.40. The van der Waals surface area contributed by atoms with Crippen LogP contribution >= 0.6 is 0 Å². The quantitative estimate of drug-likeness (QED) is 0.897. The zero-order chi connectivity index (χ0) is 15.8. The zero-order valence-corrected chi connectivity index (χ0v) is 13.9. The lowest BCUT2D eigenvalue weighted by Crippen LogP contribution is -2.53. The number of nitrogens with zero attached hydrogens (tertiary/aromatic N) is 3. The van der Waals surface area contributed by atoms with Gasteiger partial charge in [0.1, 0.15) is 4.90 Å². The van der Waals surface area contributed by atoms with Crippen LogP contribution < -0.4 is 5.73 Å². The van der Waals surface area contributed by atoms with Crippen LogP contribution in [0, 0.1) is 0 Å². The normalized spacial score (nSPS) is 23.3. The van der Waals surface area contributed by atoms with E-state index in [0.717, 1.165) is 6.42 Å². The van der Waals surface area contributed by atoms with Gasteiger partial charge in [0.15, 0.2) is 5.82 Å². The van der Waals surface area contributed by atoms with Gasteiger partial charge < -0.3 is 10.5 Å². The van der Waals surface area contributed by atoms with E-state index in [-0.39, 0.29) is 16.8 Å². The van der Waals surface area contributed by atoms with E-state index in [0.29, 0.717) is 19.6 Å². The number of aromatic nitrogens is 2. The molecule has 1 aliphatic heterocycles. The van der Waals surface area contributed by atoms with Crippen molar-refractivity contribution in [2.75, 3.05) is 18.8 Å². The molecule has 0 aliphatic carbocycles. The molecule has 8 heteroatoms. The average molecular weight is 316 g/mol. The number of hydrogen-bond acceptors (Lipinski definition) is 5. The van der Waals surface area contributed by atoms with Crippen LogP contribution in [0.4, 0.5) is 5.82 Å². The second-order valence-electron chi connectivity index (χ2n) is 6.13. The standard InChI is InChI=1S/C13H24N4O3S/c1-5-6-16-8-11(12(14)15-16)21(18,19)17-7-10(2)20-13(3,4)9-17/h8,10H,5-7,9H2,1-4H3,(H2,14,15). The zero-order valence-electron chi connectivity index (χ0n) is 13.0. The summed E-state index contributed by atoms with van der Waals surface area (Å²) in [7, 11) is -3.65. The van der Waals surface area contributed by atoms with Gasteiger partial charge >= 0.3 is 0 Å². The van der Waals surface area contributed by atoms with Crippen LogP contribution in [0.3, 0.4) is 0 Å². The molecule has 2 heterocycles. The summed E-state index contributed by atoms with van der Waals surface area (Å²) in [6.07, 6.45) is 2.22. The molecule has 0 bridgehead atoms. The van der Waals surface area contributed by atoms with E-state index in [1.54, 1.807) is 4.68 Å². The molecule has 7 nitrogen and oxygen atoms in total. The first kappa shape index (κ1) is 16.3. The maximum absolute atomic E-state index is 12.8. The molecule has 0 aromatic carbocycles. The van der Waals surface area contributed by atoms with Crippen molar-refractivity contribution in [3.8, 4) is 0 Å². The molecule has 120 valence electrons. The van der Waals surface area contributed by atoms with Crippen LogP contribution in [0.15, 0.2) is 11.1 Å². The maximum Gasteiger partial charge on any atom is 0.248 e. The van der Waals surface area contributed by atoms with Gasteiger partial charge in [0, 0.05) is 25.8 Å². The number of nitrogen functional groups attached to an aromatic ring is 1. The Morgan fingerprint density at radius 1 is 1.52 bits per heavy atom. The molecule has 1 fully saturated rings. The molecule has 0 radical (unpaired) electrons. The van der Waals surface area contributed by atoms with Crippen molar-refractivity contribution in [2.24, 2.45) is 0 Å². The molecule has 0 amide bonds. The predicted octanol–water partition coefficient (Wildman–Crippen LogP) is 1.06. The van der Waals surface area contributed by atoms with E-state index in [1.165, 1.54) is 10.5 Å². The van der Waals surface area contributed by atoms with Gasteiger partial charge in [-0.2, -0.15) is 9.40 Å². The lowest BCUT2D eigenvalue weighted by Gasteiger charge is -2.40. The molecule has 0 spiro atoms. The molecule has 1 unspecified atom stereocenters. The van der Waals surface area contributed by atoms with E-state index in [9.17, 15) is 8.42 Å². The maximum atomic E-state index is 12.8. The number of sulfonamides is 1. The lowest BCUT2D eigenvalue weighted by atomic mass is 10.1. The van der Waals surface area contributed by atoms with Crippen LogP contribution in [-0.4, -0.2) is 47.3 Å². The first-order chi connectivity index (χ1) is 9.65. The third kappa shape index (κ3) is 3.38. The van der Waals surface area contributed by atoms with Gasteiger partial charge in [-0.25, -0.2) is 8.42 Å². The van der Waals surface area contributed by atoms with Crippen LogP contribution in [0.25, 0.3) is 0 Å². The highest BCUT2D eigenvalue weighted by molar-refractivity contribution is 7.89. The summed E-state index contributed by atoms with van der Waals surface area (Å²) in [6, 6.07) is 0. The van der Waals surface area contributed by atoms with Crippen molar-refractivity contribution in [1.29, 1.82) is 0 Å². The topological polar surface area (TPSA) is 90.5 Å². The number of hydrogen-bond donors (Lipinski definition) is 1. The summed E-state index contributed by atoms with van der Waals surface area (Å²) in [5.41, 5.74) is 5.28. The Labute approximate surface area is 126 Å². The summed E-state index contributed by atoms with van der Waals surface area (Å²) in [6.45, 7) is 8.91. The van der Waals surface area contributed by atoms with Crippen LogP contribution in [0.5, 0.6) is 0 Å². The number of anilines is 1. The van der Waals surface area contributed by atoms with Gasteiger partial charge in [-0.05, 0) is 27.2 Å². The van der Waals surface area contributed by atoms with E-state index in [2.05, 4.69) is 5.10 Å². The van der Waals surface area contributed by atoms with Crippen LogP contribution in [-0.2, 0) is 21.3 Å².